The zero-order valence-corrected chi connectivity index (χ0v) is 7.48. The van der Waals surface area contributed by atoms with E-state index in [9.17, 15) is 0 Å². The van der Waals surface area contributed by atoms with Crippen molar-refractivity contribution in [2.45, 2.75) is 38.6 Å². The highest BCUT2D eigenvalue weighted by atomic mass is 15.0. The number of terminal acetylenes is 1. The van der Waals surface area contributed by atoms with Crippen molar-refractivity contribution in [1.82, 2.24) is 5.32 Å². The van der Waals surface area contributed by atoms with E-state index in [1.54, 1.807) is 0 Å². The Hall–Kier alpha value is -0.480. The number of rotatable bonds is 3. The van der Waals surface area contributed by atoms with E-state index in [2.05, 4.69) is 25.1 Å². The summed E-state index contributed by atoms with van der Waals surface area (Å²) in [5, 5.41) is 3.37. The Balaban J connectivity index is 2.32. The molecule has 0 amide bonds. The quantitative estimate of drug-likeness (QED) is 0.606. The molecule has 0 bridgehead atoms. The first kappa shape index (κ1) is 8.62. The molecule has 1 saturated carbocycles. The Kier molecular flexibility index (Phi) is 2.57. The van der Waals surface area contributed by atoms with E-state index < -0.39 is 0 Å². The summed E-state index contributed by atoms with van der Waals surface area (Å²) in [7, 11) is 0. The topological polar surface area (TPSA) is 12.0 Å². The van der Waals surface area contributed by atoms with E-state index in [-0.39, 0.29) is 5.54 Å². The maximum atomic E-state index is 5.18. The number of hydrogen-bond donors (Lipinski definition) is 1. The van der Waals surface area contributed by atoms with Crippen LogP contribution in [0.4, 0.5) is 0 Å². The molecular formula is C10H17N. The van der Waals surface area contributed by atoms with Crippen LogP contribution in [0.5, 0.6) is 0 Å². The summed E-state index contributed by atoms with van der Waals surface area (Å²) < 4.78 is 0. The van der Waals surface area contributed by atoms with E-state index in [4.69, 9.17) is 6.42 Å². The van der Waals surface area contributed by atoms with Crippen LogP contribution < -0.4 is 5.32 Å². The molecule has 1 rings (SSSR count). The normalized spacial score (nSPS) is 19.0. The minimum absolute atomic E-state index is 0.255. The summed E-state index contributed by atoms with van der Waals surface area (Å²) in [6.45, 7) is 5.19. The van der Waals surface area contributed by atoms with E-state index in [0.717, 1.165) is 5.92 Å². The Bertz CT molecular complexity index is 160. The largest absolute Gasteiger partial charge is 0.301 e. The summed E-state index contributed by atoms with van der Waals surface area (Å²) >= 11 is 0. The molecule has 0 heterocycles. The van der Waals surface area contributed by atoms with Crippen LogP contribution in [0.3, 0.4) is 0 Å². The lowest BCUT2D eigenvalue weighted by Gasteiger charge is -2.40. The molecule has 1 aliphatic rings. The minimum Gasteiger partial charge on any atom is -0.301 e. The van der Waals surface area contributed by atoms with Gasteiger partial charge in [-0.25, -0.2) is 0 Å². The van der Waals surface area contributed by atoms with Crippen LogP contribution in [-0.4, -0.2) is 12.1 Å². The van der Waals surface area contributed by atoms with Gasteiger partial charge in [-0.2, -0.15) is 0 Å². The van der Waals surface area contributed by atoms with Gasteiger partial charge in [0.25, 0.3) is 0 Å². The van der Waals surface area contributed by atoms with E-state index in [0.29, 0.717) is 6.54 Å². The van der Waals surface area contributed by atoms with Crippen molar-refractivity contribution in [3.8, 4) is 12.3 Å². The first-order chi connectivity index (χ1) is 5.17. The SMILES string of the molecule is C#CCNC(C)(C)C1CCC1. The average Bonchev–Trinajstić information content (AvgIpc) is 1.78. The molecule has 62 valence electrons. The van der Waals surface area contributed by atoms with Crippen LogP contribution in [0.15, 0.2) is 0 Å². The lowest BCUT2D eigenvalue weighted by atomic mass is 9.72. The summed E-state index contributed by atoms with van der Waals surface area (Å²) in [6, 6.07) is 0. The minimum atomic E-state index is 0.255. The van der Waals surface area contributed by atoms with Gasteiger partial charge in [-0.15, -0.1) is 6.42 Å². The lowest BCUT2D eigenvalue weighted by Crippen LogP contribution is -2.48. The second-order valence-corrected chi connectivity index (χ2v) is 3.91. The lowest BCUT2D eigenvalue weighted by molar-refractivity contribution is 0.164. The molecule has 1 aliphatic carbocycles. The third-order valence-corrected chi connectivity index (χ3v) is 2.77. The summed E-state index contributed by atoms with van der Waals surface area (Å²) in [6.07, 6.45) is 9.31. The molecule has 0 aromatic rings. The van der Waals surface area contributed by atoms with Crippen molar-refractivity contribution in [2.24, 2.45) is 5.92 Å². The smallest absolute Gasteiger partial charge is 0.0577 e. The standard InChI is InChI=1S/C10H17N/c1-4-8-11-10(2,3)9-6-5-7-9/h1,9,11H,5-8H2,2-3H3. The summed E-state index contributed by atoms with van der Waals surface area (Å²) in [5.41, 5.74) is 0.255. The van der Waals surface area contributed by atoms with Gasteiger partial charge in [0.15, 0.2) is 0 Å². The van der Waals surface area contributed by atoms with Crippen molar-refractivity contribution in [1.29, 1.82) is 0 Å². The number of nitrogens with one attached hydrogen (secondary N) is 1. The third-order valence-electron chi connectivity index (χ3n) is 2.77. The Labute approximate surface area is 69.6 Å². The molecule has 0 aromatic heterocycles. The van der Waals surface area contributed by atoms with Crippen LogP contribution in [0.25, 0.3) is 0 Å². The van der Waals surface area contributed by atoms with Crippen molar-refractivity contribution in [3.05, 3.63) is 0 Å². The van der Waals surface area contributed by atoms with Gasteiger partial charge >= 0.3 is 0 Å². The fourth-order valence-electron chi connectivity index (χ4n) is 1.55. The molecule has 1 fully saturated rings. The molecule has 11 heavy (non-hydrogen) atoms. The van der Waals surface area contributed by atoms with Gasteiger partial charge in [0.1, 0.15) is 0 Å². The maximum Gasteiger partial charge on any atom is 0.0577 e. The first-order valence-corrected chi connectivity index (χ1v) is 4.35. The molecule has 1 N–H and O–H groups in total. The molecule has 1 nitrogen and oxygen atoms in total. The predicted molar refractivity (Wildman–Crippen MR) is 48.3 cm³/mol. The molecule has 0 saturated heterocycles. The van der Waals surface area contributed by atoms with Gasteiger partial charge in [0.2, 0.25) is 0 Å². The van der Waals surface area contributed by atoms with Crippen LogP contribution in [0.1, 0.15) is 33.1 Å². The highest BCUT2D eigenvalue weighted by Crippen LogP contribution is 2.35. The van der Waals surface area contributed by atoms with Gasteiger partial charge < -0.3 is 5.32 Å². The number of hydrogen-bond acceptors (Lipinski definition) is 1. The van der Waals surface area contributed by atoms with Gasteiger partial charge in [0, 0.05) is 5.54 Å². The fraction of sp³-hybridized carbons (Fsp3) is 0.800. The zero-order chi connectivity index (χ0) is 8.32. The first-order valence-electron chi connectivity index (χ1n) is 4.35. The molecule has 0 aliphatic heterocycles. The second kappa shape index (κ2) is 3.28. The average molecular weight is 151 g/mol. The molecule has 0 unspecified atom stereocenters. The molecule has 0 aromatic carbocycles. The zero-order valence-electron chi connectivity index (χ0n) is 7.48. The van der Waals surface area contributed by atoms with Crippen molar-refractivity contribution >= 4 is 0 Å². The van der Waals surface area contributed by atoms with Crippen LogP contribution in [-0.2, 0) is 0 Å². The van der Waals surface area contributed by atoms with E-state index in [1.807, 2.05) is 0 Å². The summed E-state index contributed by atoms with van der Waals surface area (Å²) in [4.78, 5) is 0. The molecule has 0 spiro atoms. The van der Waals surface area contributed by atoms with Crippen molar-refractivity contribution in [2.75, 3.05) is 6.54 Å². The van der Waals surface area contributed by atoms with Crippen molar-refractivity contribution < 1.29 is 0 Å². The van der Waals surface area contributed by atoms with E-state index in [1.165, 1.54) is 19.3 Å². The Morgan fingerprint density at radius 2 is 2.18 bits per heavy atom. The third kappa shape index (κ3) is 1.97. The maximum absolute atomic E-state index is 5.18. The second-order valence-electron chi connectivity index (χ2n) is 3.91. The predicted octanol–water partition coefficient (Wildman–Crippen LogP) is 1.79. The fourth-order valence-corrected chi connectivity index (χ4v) is 1.55. The van der Waals surface area contributed by atoms with Crippen LogP contribution >= 0.6 is 0 Å². The highest BCUT2D eigenvalue weighted by molar-refractivity contribution is 4.96. The Morgan fingerprint density at radius 1 is 1.55 bits per heavy atom. The molecule has 0 radical (unpaired) electrons. The summed E-state index contributed by atoms with van der Waals surface area (Å²) in [5.74, 6) is 3.46. The van der Waals surface area contributed by atoms with E-state index >= 15 is 0 Å². The van der Waals surface area contributed by atoms with Crippen LogP contribution in [0, 0.1) is 18.3 Å². The van der Waals surface area contributed by atoms with Gasteiger partial charge in [-0.05, 0) is 32.6 Å². The van der Waals surface area contributed by atoms with Gasteiger partial charge in [0.05, 0.1) is 6.54 Å². The van der Waals surface area contributed by atoms with Gasteiger partial charge in [-0.3, -0.25) is 0 Å². The molecular weight excluding hydrogens is 134 g/mol. The van der Waals surface area contributed by atoms with Crippen LogP contribution in [0.2, 0.25) is 0 Å². The monoisotopic (exact) mass is 151 g/mol. The van der Waals surface area contributed by atoms with Gasteiger partial charge in [-0.1, -0.05) is 12.3 Å². The molecule has 0 atom stereocenters. The molecule has 1 heteroatoms. The highest BCUT2D eigenvalue weighted by Gasteiger charge is 2.32. The Morgan fingerprint density at radius 3 is 2.55 bits per heavy atom. The van der Waals surface area contributed by atoms with Crippen molar-refractivity contribution in [3.63, 3.8) is 0 Å².